The lowest BCUT2D eigenvalue weighted by molar-refractivity contribution is -0.117. The van der Waals surface area contributed by atoms with Crippen molar-refractivity contribution in [3.63, 3.8) is 0 Å². The largest absolute Gasteiger partial charge is 0.352 e. The predicted molar refractivity (Wildman–Crippen MR) is 47.3 cm³/mol. The van der Waals surface area contributed by atoms with Crippen LogP contribution >= 0.6 is 0 Å². The van der Waals surface area contributed by atoms with Crippen LogP contribution in [0.15, 0.2) is 23.8 Å². The van der Waals surface area contributed by atoms with Crippen molar-refractivity contribution >= 4 is 5.91 Å². The third-order valence-corrected chi connectivity index (χ3v) is 1.26. The van der Waals surface area contributed by atoms with Crippen molar-refractivity contribution in [1.29, 1.82) is 0 Å². The molecule has 0 saturated carbocycles. The van der Waals surface area contributed by atoms with Crippen molar-refractivity contribution in [2.75, 3.05) is 6.54 Å². The minimum absolute atomic E-state index is 0.00639. The van der Waals surface area contributed by atoms with E-state index in [4.69, 9.17) is 0 Å². The highest BCUT2D eigenvalue weighted by Gasteiger charge is 2.00. The van der Waals surface area contributed by atoms with Gasteiger partial charge in [0.25, 0.3) is 5.91 Å². The van der Waals surface area contributed by atoms with E-state index in [1.807, 2.05) is 26.8 Å². The van der Waals surface area contributed by atoms with E-state index in [1.54, 1.807) is 12.2 Å². The summed E-state index contributed by atoms with van der Waals surface area (Å²) in [4.78, 5) is 11.1. The Labute approximate surface area is 68.0 Å². The normalized spacial score (nSPS) is 12.1. The van der Waals surface area contributed by atoms with Gasteiger partial charge in [0.15, 0.2) is 0 Å². The molecule has 0 aromatic carbocycles. The Morgan fingerprint density at radius 1 is 1.45 bits per heavy atom. The van der Waals surface area contributed by atoms with Crippen LogP contribution in [0.4, 0.5) is 0 Å². The van der Waals surface area contributed by atoms with E-state index < -0.39 is 0 Å². The van der Waals surface area contributed by atoms with E-state index >= 15 is 0 Å². The molecule has 0 aliphatic heterocycles. The molecule has 1 amide bonds. The monoisotopic (exact) mass is 153 g/mol. The zero-order valence-electron chi connectivity index (χ0n) is 7.35. The summed E-state index contributed by atoms with van der Waals surface area (Å²) in [6.07, 6.45) is 5.44. The summed E-state index contributed by atoms with van der Waals surface area (Å²) < 4.78 is 0. The molecule has 0 radical (unpaired) electrons. The maximum atomic E-state index is 11.1. The highest BCUT2D eigenvalue weighted by atomic mass is 16.1. The van der Waals surface area contributed by atoms with Gasteiger partial charge in [0.05, 0.1) is 0 Å². The van der Waals surface area contributed by atoms with E-state index in [0.717, 1.165) is 0 Å². The molecule has 1 N–H and O–H groups in total. The molecule has 0 unspecified atom stereocenters. The summed E-state index contributed by atoms with van der Waals surface area (Å²) >= 11 is 0. The summed E-state index contributed by atoms with van der Waals surface area (Å²) in [7, 11) is 0. The molecule has 0 aromatic rings. The van der Waals surface area contributed by atoms with Gasteiger partial charge < -0.3 is 5.32 Å². The Morgan fingerprint density at radius 3 is 2.45 bits per heavy atom. The molecule has 2 nitrogen and oxygen atoms in total. The van der Waals surface area contributed by atoms with Gasteiger partial charge in [0, 0.05) is 12.1 Å². The van der Waals surface area contributed by atoms with E-state index in [1.165, 1.54) is 0 Å². The Balaban J connectivity index is 4.16. The Kier molecular flexibility index (Phi) is 5.17. The van der Waals surface area contributed by atoms with Gasteiger partial charge in [0.2, 0.25) is 0 Å². The molecular formula is C9H15NO. The first-order chi connectivity index (χ1) is 5.26. The van der Waals surface area contributed by atoms with E-state index in [9.17, 15) is 4.79 Å². The van der Waals surface area contributed by atoms with Crippen molar-refractivity contribution in [2.45, 2.75) is 20.8 Å². The lowest BCUT2D eigenvalue weighted by Gasteiger charge is -2.00. The molecule has 0 bridgehead atoms. The van der Waals surface area contributed by atoms with Crippen LogP contribution in [-0.2, 0) is 4.79 Å². The molecule has 0 saturated heterocycles. The lowest BCUT2D eigenvalue weighted by Crippen LogP contribution is -2.23. The third-order valence-electron chi connectivity index (χ3n) is 1.26. The first-order valence-electron chi connectivity index (χ1n) is 3.83. The number of carbonyl (C=O) groups excluding carboxylic acids is 1. The van der Waals surface area contributed by atoms with Crippen LogP contribution < -0.4 is 5.32 Å². The van der Waals surface area contributed by atoms with Crippen molar-refractivity contribution < 1.29 is 4.79 Å². The molecular weight excluding hydrogens is 138 g/mol. The summed E-state index contributed by atoms with van der Waals surface area (Å²) in [6, 6.07) is 0. The molecule has 62 valence electrons. The van der Waals surface area contributed by atoms with Crippen molar-refractivity contribution in [3.05, 3.63) is 23.8 Å². The molecule has 0 fully saturated rings. The van der Waals surface area contributed by atoms with Gasteiger partial charge in [-0.15, -0.1) is 0 Å². The van der Waals surface area contributed by atoms with E-state index in [-0.39, 0.29) is 5.91 Å². The number of hydrogen-bond donors (Lipinski definition) is 1. The minimum atomic E-state index is -0.00639. The van der Waals surface area contributed by atoms with Crippen LogP contribution in [0.5, 0.6) is 0 Å². The first-order valence-corrected chi connectivity index (χ1v) is 3.83. The summed E-state index contributed by atoms with van der Waals surface area (Å²) in [5.41, 5.74) is 0.717. The molecule has 0 aliphatic carbocycles. The van der Waals surface area contributed by atoms with Gasteiger partial charge in [-0.25, -0.2) is 0 Å². The maximum absolute atomic E-state index is 11.1. The molecule has 0 atom stereocenters. The quantitative estimate of drug-likeness (QED) is 0.484. The van der Waals surface area contributed by atoms with Crippen LogP contribution in [0, 0.1) is 0 Å². The Hall–Kier alpha value is -1.05. The molecule has 2 heteroatoms. The molecule has 0 heterocycles. The molecule has 0 aliphatic rings. The topological polar surface area (TPSA) is 29.1 Å². The smallest absolute Gasteiger partial charge is 0.250 e. The second-order valence-corrected chi connectivity index (χ2v) is 2.10. The van der Waals surface area contributed by atoms with Gasteiger partial charge in [0.1, 0.15) is 0 Å². The third kappa shape index (κ3) is 3.61. The van der Waals surface area contributed by atoms with Gasteiger partial charge in [-0.05, 0) is 20.8 Å². The summed E-state index contributed by atoms with van der Waals surface area (Å²) in [5.74, 6) is -0.00639. The zero-order chi connectivity index (χ0) is 8.69. The van der Waals surface area contributed by atoms with Crippen LogP contribution in [0.25, 0.3) is 0 Å². The number of carbonyl (C=O) groups is 1. The number of nitrogens with one attached hydrogen (secondary N) is 1. The summed E-state index contributed by atoms with van der Waals surface area (Å²) in [5, 5.41) is 2.72. The number of amides is 1. The average Bonchev–Trinajstić information content (AvgIpc) is 2.00. The van der Waals surface area contributed by atoms with Crippen molar-refractivity contribution in [3.8, 4) is 0 Å². The predicted octanol–water partition coefficient (Wildman–Crippen LogP) is 1.64. The van der Waals surface area contributed by atoms with Gasteiger partial charge in [-0.3, -0.25) is 4.79 Å². The molecule has 0 spiro atoms. The Bertz CT molecular complexity index is 180. The highest BCUT2D eigenvalue weighted by Crippen LogP contribution is 1.95. The van der Waals surface area contributed by atoms with Gasteiger partial charge >= 0.3 is 0 Å². The second-order valence-electron chi connectivity index (χ2n) is 2.10. The fourth-order valence-electron chi connectivity index (χ4n) is 0.745. The average molecular weight is 153 g/mol. The highest BCUT2D eigenvalue weighted by molar-refractivity contribution is 5.95. The fraction of sp³-hybridized carbons (Fsp3) is 0.444. The van der Waals surface area contributed by atoms with Crippen LogP contribution in [0.1, 0.15) is 20.8 Å². The maximum Gasteiger partial charge on any atom is 0.250 e. The van der Waals surface area contributed by atoms with Crippen LogP contribution in [0.2, 0.25) is 0 Å². The number of allylic oxidation sites excluding steroid dienone is 2. The standard InChI is InChI=1S/C9H15NO/c1-4-7-8(5-2)9(11)10-6-3/h4-5,7H,6H2,1-3H3,(H,10,11). The number of likely N-dealkylation sites (N-methyl/N-ethyl adjacent to an activating group) is 1. The number of hydrogen-bond acceptors (Lipinski definition) is 1. The summed E-state index contributed by atoms with van der Waals surface area (Å²) in [6.45, 7) is 6.32. The minimum Gasteiger partial charge on any atom is -0.352 e. The zero-order valence-corrected chi connectivity index (χ0v) is 7.35. The second kappa shape index (κ2) is 5.71. The van der Waals surface area contributed by atoms with Gasteiger partial charge in [-0.2, -0.15) is 0 Å². The SMILES string of the molecule is CC=CC(=CC)C(=O)NCC. The van der Waals surface area contributed by atoms with E-state index in [2.05, 4.69) is 5.32 Å². The fourth-order valence-corrected chi connectivity index (χ4v) is 0.745. The molecule has 0 aromatic heterocycles. The van der Waals surface area contributed by atoms with Crippen LogP contribution in [0.3, 0.4) is 0 Å². The number of rotatable bonds is 3. The molecule has 11 heavy (non-hydrogen) atoms. The molecule has 0 rings (SSSR count). The van der Waals surface area contributed by atoms with Crippen molar-refractivity contribution in [2.24, 2.45) is 0 Å². The lowest BCUT2D eigenvalue weighted by atomic mass is 10.2. The van der Waals surface area contributed by atoms with E-state index in [0.29, 0.717) is 12.1 Å². The first kappa shape index (κ1) is 9.95. The van der Waals surface area contributed by atoms with Crippen LogP contribution in [-0.4, -0.2) is 12.5 Å². The van der Waals surface area contributed by atoms with Gasteiger partial charge in [-0.1, -0.05) is 18.2 Å². The van der Waals surface area contributed by atoms with Crippen molar-refractivity contribution in [1.82, 2.24) is 5.32 Å². The Morgan fingerprint density at radius 2 is 2.09 bits per heavy atom.